The summed E-state index contributed by atoms with van der Waals surface area (Å²) in [4.78, 5) is 48.4. The molecule has 0 unspecified atom stereocenters. The maximum absolute atomic E-state index is 12.7. The Morgan fingerprint density at radius 2 is 1.36 bits per heavy atom. The minimum Gasteiger partial charge on any atom is -0.309 e. The van der Waals surface area contributed by atoms with Crippen LogP contribution in [0.2, 0.25) is 0 Å². The third-order valence-corrected chi connectivity index (χ3v) is 8.49. The number of amides is 4. The van der Waals surface area contributed by atoms with Crippen LogP contribution < -0.4 is 4.90 Å². The molecule has 0 bridgehead atoms. The van der Waals surface area contributed by atoms with Crippen LogP contribution in [0, 0.1) is 0 Å². The van der Waals surface area contributed by atoms with Crippen LogP contribution in [0.25, 0.3) is 16.6 Å². The van der Waals surface area contributed by atoms with Gasteiger partial charge in [-0.3, -0.25) is 24.4 Å². The van der Waals surface area contributed by atoms with Crippen molar-refractivity contribution in [2.45, 2.75) is 19.3 Å². The van der Waals surface area contributed by atoms with Gasteiger partial charge in [0.15, 0.2) is 0 Å². The minimum absolute atomic E-state index is 0.0257. The first-order valence-corrected chi connectivity index (χ1v) is 13.4. The second-order valence-corrected chi connectivity index (χ2v) is 11.3. The summed E-state index contributed by atoms with van der Waals surface area (Å²) in [5, 5.41) is 0. The lowest BCUT2D eigenvalue weighted by Crippen LogP contribution is -2.52. The van der Waals surface area contributed by atoms with Crippen molar-refractivity contribution in [1.29, 1.82) is 0 Å². The van der Waals surface area contributed by atoms with E-state index in [0.29, 0.717) is 0 Å². The van der Waals surface area contributed by atoms with Crippen LogP contribution in [0.1, 0.15) is 29.9 Å². The minimum atomic E-state index is -0.633. The normalized spacial score (nSPS) is 15.9. The standard InChI is InChI=1S/C31H26N4O3S/c1-31(2)24-15-21(35(19-11-7-5-8-12-19)20-13-9-6-10-14-20)18-32-26(24)27-25(31)17-22(39-27)16-23-28(36)33(3)30(38)34(4)29(23)37/h5-18H,1-4H3. The lowest BCUT2D eigenvalue weighted by Gasteiger charge is -2.28. The van der Waals surface area contributed by atoms with E-state index in [4.69, 9.17) is 4.98 Å². The maximum Gasteiger partial charge on any atom is 0.333 e. The molecule has 4 amide bonds. The molecule has 194 valence electrons. The number of benzene rings is 2. The van der Waals surface area contributed by atoms with Gasteiger partial charge in [-0.15, -0.1) is 11.3 Å². The van der Waals surface area contributed by atoms with E-state index in [2.05, 4.69) is 49.1 Å². The zero-order valence-corrected chi connectivity index (χ0v) is 22.8. The molecule has 0 N–H and O–H groups in total. The number of imide groups is 2. The SMILES string of the molecule is CN1C(=O)C(=Cc2cc3c(s2)-c2ncc(N(c4ccccc4)c4ccccc4)cc2C3(C)C)C(=O)N(C)C1=O. The maximum atomic E-state index is 12.7. The fourth-order valence-corrected chi connectivity index (χ4v) is 6.49. The molecule has 2 aliphatic rings. The summed E-state index contributed by atoms with van der Waals surface area (Å²) < 4.78 is 0. The number of barbiturate groups is 1. The van der Waals surface area contributed by atoms with Crippen molar-refractivity contribution >= 4 is 52.3 Å². The molecular weight excluding hydrogens is 508 g/mol. The number of likely N-dealkylation sites (N-methyl/N-ethyl adjacent to an activating group) is 2. The molecule has 2 aromatic carbocycles. The lowest BCUT2D eigenvalue weighted by atomic mass is 9.83. The topological polar surface area (TPSA) is 73.8 Å². The molecule has 7 nitrogen and oxygen atoms in total. The average molecular weight is 535 g/mol. The molecule has 1 aliphatic carbocycles. The molecule has 3 heterocycles. The van der Waals surface area contributed by atoms with E-state index in [1.54, 1.807) is 6.08 Å². The summed E-state index contributed by atoms with van der Waals surface area (Å²) in [5.41, 5.74) is 5.80. The average Bonchev–Trinajstić information content (AvgIpc) is 3.47. The third-order valence-electron chi connectivity index (χ3n) is 7.40. The Balaban J connectivity index is 1.42. The number of rotatable bonds is 4. The molecule has 1 aliphatic heterocycles. The molecule has 0 spiro atoms. The number of fused-ring (bicyclic) bond motifs is 3. The molecule has 4 aromatic rings. The van der Waals surface area contributed by atoms with Crippen LogP contribution in [-0.4, -0.2) is 46.7 Å². The Bertz CT molecular complexity index is 1610. The highest BCUT2D eigenvalue weighted by atomic mass is 32.1. The van der Waals surface area contributed by atoms with Crippen LogP contribution >= 0.6 is 11.3 Å². The van der Waals surface area contributed by atoms with E-state index in [9.17, 15) is 14.4 Å². The number of hydrogen-bond donors (Lipinski definition) is 0. The molecule has 6 rings (SSSR count). The van der Waals surface area contributed by atoms with E-state index >= 15 is 0 Å². The number of aromatic nitrogens is 1. The largest absolute Gasteiger partial charge is 0.333 e. The predicted molar refractivity (Wildman–Crippen MR) is 153 cm³/mol. The molecule has 39 heavy (non-hydrogen) atoms. The van der Waals surface area contributed by atoms with Gasteiger partial charge in [-0.2, -0.15) is 0 Å². The number of anilines is 3. The number of pyridine rings is 1. The summed E-state index contributed by atoms with van der Waals surface area (Å²) in [7, 11) is 2.76. The van der Waals surface area contributed by atoms with Crippen molar-refractivity contribution in [3.63, 3.8) is 0 Å². The number of urea groups is 1. The summed E-state index contributed by atoms with van der Waals surface area (Å²) in [6.07, 6.45) is 3.48. The van der Waals surface area contributed by atoms with Crippen LogP contribution in [-0.2, 0) is 15.0 Å². The molecule has 0 atom stereocenters. The Labute approximate surface area is 230 Å². The second kappa shape index (κ2) is 9.03. The molecule has 1 saturated heterocycles. The Morgan fingerprint density at radius 1 is 0.795 bits per heavy atom. The summed E-state index contributed by atoms with van der Waals surface area (Å²) in [5.74, 6) is -1.19. The predicted octanol–water partition coefficient (Wildman–Crippen LogP) is 6.35. The number of para-hydroxylation sites is 2. The number of thiophene rings is 1. The van der Waals surface area contributed by atoms with Gasteiger partial charge in [-0.25, -0.2) is 4.79 Å². The molecule has 1 fully saturated rings. The number of carbonyl (C=O) groups is 3. The number of nitrogens with zero attached hydrogens (tertiary/aromatic N) is 4. The first-order chi connectivity index (χ1) is 18.7. The van der Waals surface area contributed by atoms with Crippen molar-refractivity contribution < 1.29 is 14.4 Å². The number of hydrogen-bond acceptors (Lipinski definition) is 6. The first-order valence-electron chi connectivity index (χ1n) is 12.6. The Hall–Kier alpha value is -4.56. The fourth-order valence-electron chi connectivity index (χ4n) is 5.22. The third kappa shape index (κ3) is 3.87. The molecule has 0 saturated carbocycles. The van der Waals surface area contributed by atoms with Gasteiger partial charge in [0.1, 0.15) is 5.57 Å². The van der Waals surface area contributed by atoms with Crippen LogP contribution in [0.5, 0.6) is 0 Å². The van der Waals surface area contributed by atoms with Crippen LogP contribution in [0.4, 0.5) is 21.9 Å². The van der Waals surface area contributed by atoms with Crippen molar-refractivity contribution in [2.24, 2.45) is 0 Å². The first kappa shape index (κ1) is 24.8. The van der Waals surface area contributed by atoms with Crippen molar-refractivity contribution in [3.8, 4) is 10.6 Å². The zero-order chi connectivity index (χ0) is 27.5. The van der Waals surface area contributed by atoms with E-state index in [1.807, 2.05) is 48.7 Å². The fraction of sp³-hybridized carbons (Fsp3) is 0.161. The number of carbonyl (C=O) groups excluding carboxylic acids is 3. The van der Waals surface area contributed by atoms with Crippen molar-refractivity contribution in [1.82, 2.24) is 14.8 Å². The van der Waals surface area contributed by atoms with Gasteiger partial charge in [0, 0.05) is 35.8 Å². The molecule has 0 radical (unpaired) electrons. The molecule has 2 aromatic heterocycles. The molecule has 8 heteroatoms. The Kier molecular flexibility index (Phi) is 5.73. The monoisotopic (exact) mass is 534 g/mol. The smallest absolute Gasteiger partial charge is 0.309 e. The van der Waals surface area contributed by atoms with Gasteiger partial charge in [0.2, 0.25) is 0 Å². The van der Waals surface area contributed by atoms with Crippen molar-refractivity contribution in [3.05, 3.63) is 101 Å². The van der Waals surface area contributed by atoms with E-state index in [0.717, 1.165) is 53.4 Å². The second-order valence-electron chi connectivity index (χ2n) is 10.2. The summed E-state index contributed by atoms with van der Waals surface area (Å²) in [6, 6.07) is 24.0. The van der Waals surface area contributed by atoms with Crippen LogP contribution in [0.15, 0.2) is 84.6 Å². The van der Waals surface area contributed by atoms with Crippen LogP contribution in [0.3, 0.4) is 0 Å². The molecular formula is C31H26N4O3S. The van der Waals surface area contributed by atoms with Gasteiger partial charge in [-0.05, 0) is 53.6 Å². The highest BCUT2D eigenvalue weighted by molar-refractivity contribution is 7.16. The van der Waals surface area contributed by atoms with Gasteiger partial charge in [0.05, 0.1) is 22.5 Å². The lowest BCUT2D eigenvalue weighted by molar-refractivity contribution is -0.134. The van der Waals surface area contributed by atoms with Crippen molar-refractivity contribution in [2.75, 3.05) is 19.0 Å². The van der Waals surface area contributed by atoms with E-state index in [1.165, 1.54) is 25.4 Å². The van der Waals surface area contributed by atoms with Gasteiger partial charge in [0.25, 0.3) is 11.8 Å². The van der Waals surface area contributed by atoms with E-state index < -0.39 is 17.8 Å². The van der Waals surface area contributed by atoms with Gasteiger partial charge < -0.3 is 4.90 Å². The van der Waals surface area contributed by atoms with Gasteiger partial charge in [-0.1, -0.05) is 50.2 Å². The highest BCUT2D eigenvalue weighted by Crippen LogP contribution is 2.53. The highest BCUT2D eigenvalue weighted by Gasteiger charge is 2.41. The quantitative estimate of drug-likeness (QED) is 0.225. The van der Waals surface area contributed by atoms with E-state index in [-0.39, 0.29) is 11.0 Å². The zero-order valence-electron chi connectivity index (χ0n) is 22.0. The summed E-state index contributed by atoms with van der Waals surface area (Å²) in [6.45, 7) is 4.33. The van der Waals surface area contributed by atoms with Gasteiger partial charge >= 0.3 is 6.03 Å². The Morgan fingerprint density at radius 3 is 1.92 bits per heavy atom. The summed E-state index contributed by atoms with van der Waals surface area (Å²) >= 11 is 1.50.